The van der Waals surface area contributed by atoms with Gasteiger partial charge in [0.1, 0.15) is 11.6 Å². The SMILES string of the molecule is Cc1nc([C@@H]2CCN(C(=O)CC(C)(C)C)C2)nc(C)c1CC(=O)Nc1ccc(F)cc1. The number of carbonyl (C=O) groups excluding carboxylic acids is 2. The number of anilines is 1. The molecule has 1 atom stereocenters. The highest BCUT2D eigenvalue weighted by atomic mass is 19.1. The van der Waals surface area contributed by atoms with E-state index in [4.69, 9.17) is 0 Å². The van der Waals surface area contributed by atoms with E-state index in [1.54, 1.807) is 0 Å². The van der Waals surface area contributed by atoms with Crippen molar-refractivity contribution >= 4 is 17.5 Å². The van der Waals surface area contributed by atoms with Gasteiger partial charge in [-0.1, -0.05) is 20.8 Å². The van der Waals surface area contributed by atoms with Crippen molar-refractivity contribution in [2.45, 2.75) is 59.8 Å². The number of hydrogen-bond acceptors (Lipinski definition) is 4. The predicted octanol–water partition coefficient (Wildman–Crippen LogP) is 4.17. The van der Waals surface area contributed by atoms with Gasteiger partial charge in [0.05, 0.1) is 6.42 Å². The molecule has 2 amide bonds. The Balaban J connectivity index is 1.66. The first-order valence-electron chi connectivity index (χ1n) is 10.7. The Morgan fingerprint density at radius 3 is 2.32 bits per heavy atom. The molecule has 1 N–H and O–H groups in total. The molecule has 2 aromatic rings. The van der Waals surface area contributed by atoms with Crippen LogP contribution in [0.5, 0.6) is 0 Å². The maximum atomic E-state index is 13.0. The monoisotopic (exact) mass is 426 g/mol. The molecule has 166 valence electrons. The van der Waals surface area contributed by atoms with Gasteiger partial charge in [0.25, 0.3) is 0 Å². The van der Waals surface area contributed by atoms with E-state index in [0.717, 1.165) is 35.7 Å². The zero-order valence-corrected chi connectivity index (χ0v) is 19.0. The average molecular weight is 427 g/mol. The molecule has 7 heteroatoms. The van der Waals surface area contributed by atoms with Crippen LogP contribution in [0.4, 0.5) is 10.1 Å². The molecule has 2 heterocycles. The highest BCUT2D eigenvalue weighted by Crippen LogP contribution is 2.29. The van der Waals surface area contributed by atoms with Gasteiger partial charge in [-0.15, -0.1) is 0 Å². The van der Waals surface area contributed by atoms with Crippen LogP contribution in [-0.2, 0) is 16.0 Å². The Labute approximate surface area is 183 Å². The number of nitrogens with zero attached hydrogens (tertiary/aromatic N) is 3. The number of likely N-dealkylation sites (tertiary alicyclic amines) is 1. The van der Waals surface area contributed by atoms with E-state index in [1.807, 2.05) is 18.7 Å². The molecule has 0 unspecified atom stereocenters. The summed E-state index contributed by atoms with van der Waals surface area (Å²) >= 11 is 0. The lowest BCUT2D eigenvalue weighted by Gasteiger charge is -2.23. The number of amides is 2. The molecule has 0 bridgehead atoms. The normalized spacial score (nSPS) is 16.5. The standard InChI is InChI=1S/C24H31FN4O2/c1-15-20(12-21(30)28-19-8-6-18(25)7-9-19)16(2)27-23(26-15)17-10-11-29(14-17)22(31)13-24(3,4)5/h6-9,17H,10-14H2,1-5H3,(H,28,30)/t17-/m1/s1. The minimum atomic E-state index is -0.348. The fourth-order valence-corrected chi connectivity index (χ4v) is 3.87. The highest BCUT2D eigenvalue weighted by Gasteiger charge is 2.31. The van der Waals surface area contributed by atoms with Gasteiger partial charge < -0.3 is 10.2 Å². The van der Waals surface area contributed by atoms with Crippen molar-refractivity contribution < 1.29 is 14.0 Å². The summed E-state index contributed by atoms with van der Waals surface area (Å²) in [6, 6.07) is 5.67. The minimum absolute atomic E-state index is 0.0328. The molecule has 1 saturated heterocycles. The van der Waals surface area contributed by atoms with Gasteiger partial charge in [0, 0.05) is 48.1 Å². The number of rotatable bonds is 5. The molecule has 1 aromatic carbocycles. The van der Waals surface area contributed by atoms with Gasteiger partial charge in [-0.25, -0.2) is 14.4 Å². The maximum Gasteiger partial charge on any atom is 0.228 e. The highest BCUT2D eigenvalue weighted by molar-refractivity contribution is 5.92. The molecule has 3 rings (SSSR count). The first-order chi connectivity index (χ1) is 14.5. The third-order valence-electron chi connectivity index (χ3n) is 5.49. The van der Waals surface area contributed by atoms with Crippen LogP contribution in [0.1, 0.15) is 62.3 Å². The average Bonchev–Trinajstić information content (AvgIpc) is 3.15. The Bertz CT molecular complexity index is 944. The van der Waals surface area contributed by atoms with E-state index in [0.29, 0.717) is 18.7 Å². The number of nitrogens with one attached hydrogen (secondary N) is 1. The van der Waals surface area contributed by atoms with E-state index in [2.05, 4.69) is 36.1 Å². The van der Waals surface area contributed by atoms with Gasteiger partial charge in [0.15, 0.2) is 0 Å². The van der Waals surface area contributed by atoms with E-state index in [9.17, 15) is 14.0 Å². The molecule has 1 aromatic heterocycles. The second-order valence-electron chi connectivity index (χ2n) is 9.53. The van der Waals surface area contributed by atoms with E-state index >= 15 is 0 Å². The zero-order chi connectivity index (χ0) is 22.8. The van der Waals surface area contributed by atoms with Crippen LogP contribution in [0.3, 0.4) is 0 Å². The first-order valence-corrected chi connectivity index (χ1v) is 10.7. The molecule has 1 aliphatic rings. The Morgan fingerprint density at radius 1 is 1.13 bits per heavy atom. The molecular formula is C24H31FN4O2. The lowest BCUT2D eigenvalue weighted by atomic mass is 9.92. The molecule has 1 aliphatic heterocycles. The molecule has 0 aliphatic carbocycles. The summed E-state index contributed by atoms with van der Waals surface area (Å²) in [5.74, 6) is 0.484. The smallest absolute Gasteiger partial charge is 0.228 e. The first kappa shape index (κ1) is 22.8. The number of aromatic nitrogens is 2. The number of halogens is 1. The summed E-state index contributed by atoms with van der Waals surface area (Å²) in [6.45, 7) is 11.3. The second-order valence-corrected chi connectivity index (χ2v) is 9.53. The van der Waals surface area contributed by atoms with Crippen molar-refractivity contribution in [3.8, 4) is 0 Å². The van der Waals surface area contributed by atoms with Crippen molar-refractivity contribution in [2.75, 3.05) is 18.4 Å². The van der Waals surface area contributed by atoms with Gasteiger partial charge in [-0.05, 0) is 49.9 Å². The zero-order valence-electron chi connectivity index (χ0n) is 19.0. The molecule has 0 saturated carbocycles. The van der Waals surface area contributed by atoms with Crippen LogP contribution in [0.15, 0.2) is 24.3 Å². The Morgan fingerprint density at radius 2 is 1.74 bits per heavy atom. The van der Waals surface area contributed by atoms with Crippen molar-refractivity contribution in [3.05, 3.63) is 52.9 Å². The molecule has 0 radical (unpaired) electrons. The van der Waals surface area contributed by atoms with Crippen LogP contribution in [0.2, 0.25) is 0 Å². The van der Waals surface area contributed by atoms with Crippen LogP contribution in [0.25, 0.3) is 0 Å². The summed E-state index contributed by atoms with van der Waals surface area (Å²) in [5.41, 5.74) is 2.86. The van der Waals surface area contributed by atoms with Crippen LogP contribution >= 0.6 is 0 Å². The topological polar surface area (TPSA) is 75.2 Å². The molecular weight excluding hydrogens is 395 g/mol. The van der Waals surface area contributed by atoms with Gasteiger partial charge in [0.2, 0.25) is 11.8 Å². The number of carbonyl (C=O) groups is 2. The summed E-state index contributed by atoms with van der Waals surface area (Å²) in [5, 5.41) is 2.77. The maximum absolute atomic E-state index is 13.0. The van der Waals surface area contributed by atoms with Crippen molar-refractivity contribution in [1.82, 2.24) is 14.9 Å². The van der Waals surface area contributed by atoms with Crippen LogP contribution in [0, 0.1) is 25.1 Å². The van der Waals surface area contributed by atoms with E-state index < -0.39 is 0 Å². The second kappa shape index (κ2) is 9.12. The quantitative estimate of drug-likeness (QED) is 0.779. The third-order valence-corrected chi connectivity index (χ3v) is 5.49. The van der Waals surface area contributed by atoms with Gasteiger partial charge in [-0.2, -0.15) is 0 Å². The minimum Gasteiger partial charge on any atom is -0.342 e. The van der Waals surface area contributed by atoms with Crippen LogP contribution in [-0.4, -0.2) is 39.8 Å². The lowest BCUT2D eigenvalue weighted by Crippen LogP contribution is -2.31. The fraction of sp³-hybridized carbons (Fsp3) is 0.500. The summed E-state index contributed by atoms with van der Waals surface area (Å²) < 4.78 is 13.0. The Kier molecular flexibility index (Phi) is 6.72. The summed E-state index contributed by atoms with van der Waals surface area (Å²) in [4.78, 5) is 36.2. The van der Waals surface area contributed by atoms with E-state index in [-0.39, 0.29) is 35.4 Å². The van der Waals surface area contributed by atoms with Gasteiger partial charge >= 0.3 is 0 Å². The fourth-order valence-electron chi connectivity index (χ4n) is 3.87. The molecule has 0 spiro atoms. The molecule has 1 fully saturated rings. The largest absolute Gasteiger partial charge is 0.342 e. The molecule has 6 nitrogen and oxygen atoms in total. The number of benzene rings is 1. The number of hydrogen-bond donors (Lipinski definition) is 1. The summed E-state index contributed by atoms with van der Waals surface area (Å²) in [7, 11) is 0. The van der Waals surface area contributed by atoms with Gasteiger partial charge in [-0.3, -0.25) is 9.59 Å². The third kappa shape index (κ3) is 6.09. The summed E-state index contributed by atoms with van der Waals surface area (Å²) in [6.07, 6.45) is 1.52. The lowest BCUT2D eigenvalue weighted by molar-refractivity contribution is -0.132. The molecule has 31 heavy (non-hydrogen) atoms. The predicted molar refractivity (Wildman–Crippen MR) is 118 cm³/mol. The number of aryl methyl sites for hydroxylation is 2. The Hall–Kier alpha value is -2.83. The van der Waals surface area contributed by atoms with Crippen LogP contribution < -0.4 is 5.32 Å². The van der Waals surface area contributed by atoms with Crippen molar-refractivity contribution in [1.29, 1.82) is 0 Å². The van der Waals surface area contributed by atoms with Crippen molar-refractivity contribution in [2.24, 2.45) is 5.41 Å². The van der Waals surface area contributed by atoms with Crippen molar-refractivity contribution in [3.63, 3.8) is 0 Å². The van der Waals surface area contributed by atoms with E-state index in [1.165, 1.54) is 24.3 Å².